The van der Waals surface area contributed by atoms with E-state index in [1.54, 1.807) is 17.4 Å². The molecule has 1 unspecified atom stereocenters. The van der Waals surface area contributed by atoms with Gasteiger partial charge in [0.05, 0.1) is 6.04 Å². The first-order valence-electron chi connectivity index (χ1n) is 10.6. The monoisotopic (exact) mass is 440 g/mol. The molecule has 1 aromatic carbocycles. The molecule has 2 amide bonds. The lowest BCUT2D eigenvalue weighted by molar-refractivity contribution is -0.143. The lowest BCUT2D eigenvalue weighted by Gasteiger charge is -2.37. The summed E-state index contributed by atoms with van der Waals surface area (Å²) < 4.78 is 4.97. The summed E-state index contributed by atoms with van der Waals surface area (Å²) in [6.07, 6.45) is 2.47. The van der Waals surface area contributed by atoms with E-state index in [9.17, 15) is 9.59 Å². The fourth-order valence-electron chi connectivity index (χ4n) is 3.99. The van der Waals surface area contributed by atoms with Crippen molar-refractivity contribution in [3.8, 4) is 0 Å². The summed E-state index contributed by atoms with van der Waals surface area (Å²) >= 11 is 1.75. The van der Waals surface area contributed by atoms with Crippen LogP contribution in [0.3, 0.4) is 0 Å². The minimum absolute atomic E-state index is 0.0181. The van der Waals surface area contributed by atoms with Gasteiger partial charge in [-0.2, -0.15) is 0 Å². The minimum Gasteiger partial charge on any atom is -0.375 e. The van der Waals surface area contributed by atoms with Gasteiger partial charge in [-0.05, 0) is 40.0 Å². The Morgan fingerprint density at radius 1 is 1.26 bits per heavy atom. The van der Waals surface area contributed by atoms with Crippen LogP contribution >= 0.6 is 11.3 Å². The van der Waals surface area contributed by atoms with Crippen LogP contribution in [0.15, 0.2) is 48.4 Å². The number of carbonyl (C=O) groups excluding carboxylic acids is 2. The molecule has 2 heterocycles. The van der Waals surface area contributed by atoms with Crippen LogP contribution in [0.25, 0.3) is 0 Å². The first-order chi connectivity index (χ1) is 14.8. The van der Waals surface area contributed by atoms with Crippen molar-refractivity contribution >= 4 is 23.2 Å². The predicted molar refractivity (Wildman–Crippen MR) is 125 cm³/mol. The van der Waals surface area contributed by atoms with Gasteiger partial charge in [0.1, 0.15) is 13.2 Å². The van der Waals surface area contributed by atoms with Crippen molar-refractivity contribution in [2.75, 3.05) is 33.4 Å². The third-order valence-corrected chi connectivity index (χ3v) is 6.67. The molecule has 6 heteroatoms. The van der Waals surface area contributed by atoms with E-state index in [2.05, 4.69) is 63.1 Å². The molecule has 1 aliphatic heterocycles. The molecule has 166 valence electrons. The summed E-state index contributed by atoms with van der Waals surface area (Å²) in [7, 11) is 1.48. The average Bonchev–Trinajstić information content (AvgIpc) is 3.21. The molecule has 1 aromatic heterocycles. The average molecular weight is 441 g/mol. The summed E-state index contributed by atoms with van der Waals surface area (Å²) in [5.74, 6) is -0.275. The van der Waals surface area contributed by atoms with Gasteiger partial charge in [0.2, 0.25) is 11.8 Å². The van der Waals surface area contributed by atoms with Crippen LogP contribution in [0.4, 0.5) is 0 Å². The molecule has 0 spiro atoms. The maximum Gasteiger partial charge on any atom is 0.249 e. The molecular weight excluding hydrogens is 408 g/mol. The van der Waals surface area contributed by atoms with Crippen LogP contribution < -0.4 is 0 Å². The standard InChI is InChI=1S/C25H32N2O3S/c1-6-13-26(23(29)17-30-5)16-22(28)27-14-11-21-20(12-15-31-21)24(27)18-7-9-19(10-8-18)25(2,3)4/h6-10,12,15,24H,1,11,13-14,16-17H2,2-5H3. The number of thiophene rings is 1. The summed E-state index contributed by atoms with van der Waals surface area (Å²) in [5, 5.41) is 2.10. The van der Waals surface area contributed by atoms with E-state index in [0.717, 1.165) is 12.0 Å². The van der Waals surface area contributed by atoms with Crippen molar-refractivity contribution in [3.05, 3.63) is 69.9 Å². The summed E-state index contributed by atoms with van der Waals surface area (Å²) in [6, 6.07) is 10.6. The van der Waals surface area contributed by atoms with Crippen LogP contribution in [0.2, 0.25) is 0 Å². The topological polar surface area (TPSA) is 49.9 Å². The third-order valence-electron chi connectivity index (χ3n) is 5.67. The van der Waals surface area contributed by atoms with E-state index in [1.807, 2.05) is 4.90 Å². The number of benzene rings is 1. The van der Waals surface area contributed by atoms with Crippen LogP contribution in [-0.2, 0) is 26.2 Å². The van der Waals surface area contributed by atoms with Gasteiger partial charge >= 0.3 is 0 Å². The number of ether oxygens (including phenoxy) is 1. The molecule has 31 heavy (non-hydrogen) atoms. The second-order valence-corrected chi connectivity index (χ2v) is 9.91. The van der Waals surface area contributed by atoms with Crippen molar-refractivity contribution in [3.63, 3.8) is 0 Å². The molecule has 0 bridgehead atoms. The highest BCUT2D eigenvalue weighted by atomic mass is 32.1. The molecule has 0 saturated heterocycles. The lowest BCUT2D eigenvalue weighted by Crippen LogP contribution is -2.47. The molecule has 1 aliphatic rings. The maximum absolute atomic E-state index is 13.4. The third kappa shape index (κ3) is 5.25. The first kappa shape index (κ1) is 23.2. The van der Waals surface area contributed by atoms with E-state index >= 15 is 0 Å². The zero-order valence-electron chi connectivity index (χ0n) is 18.9. The number of amides is 2. The van der Waals surface area contributed by atoms with Gasteiger partial charge in [-0.15, -0.1) is 17.9 Å². The Hall–Kier alpha value is -2.44. The fraction of sp³-hybridized carbons (Fsp3) is 0.440. The zero-order valence-corrected chi connectivity index (χ0v) is 19.7. The quantitative estimate of drug-likeness (QED) is 0.607. The number of fused-ring (bicyclic) bond motifs is 1. The summed E-state index contributed by atoms with van der Waals surface area (Å²) in [4.78, 5) is 30.5. The Bertz CT molecular complexity index is 927. The van der Waals surface area contributed by atoms with E-state index < -0.39 is 0 Å². The van der Waals surface area contributed by atoms with Gasteiger partial charge in [-0.25, -0.2) is 0 Å². The van der Waals surface area contributed by atoms with E-state index in [1.165, 1.54) is 28.0 Å². The number of nitrogens with zero attached hydrogens (tertiary/aromatic N) is 2. The Morgan fingerprint density at radius 3 is 2.58 bits per heavy atom. The smallest absolute Gasteiger partial charge is 0.249 e. The maximum atomic E-state index is 13.4. The van der Waals surface area contributed by atoms with Crippen LogP contribution in [0.1, 0.15) is 48.4 Å². The van der Waals surface area contributed by atoms with Gasteiger partial charge < -0.3 is 14.5 Å². The van der Waals surface area contributed by atoms with E-state index in [4.69, 9.17) is 4.74 Å². The SMILES string of the molecule is C=CCN(CC(=O)N1CCc2sccc2C1c1ccc(C(C)(C)C)cc1)C(=O)COC. The van der Waals surface area contributed by atoms with Crippen LogP contribution in [-0.4, -0.2) is 55.0 Å². The Labute approximate surface area is 189 Å². The molecule has 0 N–H and O–H groups in total. The lowest BCUT2D eigenvalue weighted by atomic mass is 9.85. The molecule has 2 aromatic rings. The van der Waals surface area contributed by atoms with Gasteiger partial charge in [0, 0.05) is 25.1 Å². The number of methoxy groups -OCH3 is 1. The molecule has 3 rings (SSSR count). The van der Waals surface area contributed by atoms with Crippen molar-refractivity contribution < 1.29 is 14.3 Å². The largest absolute Gasteiger partial charge is 0.375 e. The molecule has 0 aliphatic carbocycles. The second kappa shape index (κ2) is 9.79. The molecule has 1 atom stereocenters. The number of hydrogen-bond donors (Lipinski definition) is 0. The highest BCUT2D eigenvalue weighted by molar-refractivity contribution is 7.10. The van der Waals surface area contributed by atoms with Gasteiger partial charge in [-0.3, -0.25) is 9.59 Å². The first-order valence-corrected chi connectivity index (χ1v) is 11.5. The minimum atomic E-state index is -0.213. The van der Waals surface area contributed by atoms with Crippen molar-refractivity contribution in [2.24, 2.45) is 0 Å². The molecule has 0 saturated carbocycles. The fourth-order valence-corrected chi connectivity index (χ4v) is 4.89. The van der Waals surface area contributed by atoms with E-state index in [-0.39, 0.29) is 36.4 Å². The molecule has 0 fully saturated rings. The number of hydrogen-bond acceptors (Lipinski definition) is 4. The Morgan fingerprint density at radius 2 is 1.97 bits per heavy atom. The Kier molecular flexibility index (Phi) is 7.34. The predicted octanol–water partition coefficient (Wildman–Crippen LogP) is 4.18. The normalized spacial score (nSPS) is 16.0. The molecule has 5 nitrogen and oxygen atoms in total. The van der Waals surface area contributed by atoms with Crippen molar-refractivity contribution in [2.45, 2.75) is 38.6 Å². The van der Waals surface area contributed by atoms with Crippen LogP contribution in [0, 0.1) is 0 Å². The zero-order chi connectivity index (χ0) is 22.6. The molecule has 0 radical (unpaired) electrons. The number of carbonyl (C=O) groups is 2. The second-order valence-electron chi connectivity index (χ2n) is 8.91. The van der Waals surface area contributed by atoms with Crippen molar-refractivity contribution in [1.29, 1.82) is 0 Å². The highest BCUT2D eigenvalue weighted by Crippen LogP contribution is 2.38. The highest BCUT2D eigenvalue weighted by Gasteiger charge is 2.34. The van der Waals surface area contributed by atoms with Gasteiger partial charge in [-0.1, -0.05) is 51.1 Å². The van der Waals surface area contributed by atoms with Crippen molar-refractivity contribution in [1.82, 2.24) is 9.80 Å². The van der Waals surface area contributed by atoms with E-state index in [0.29, 0.717) is 13.1 Å². The van der Waals surface area contributed by atoms with Crippen LogP contribution in [0.5, 0.6) is 0 Å². The summed E-state index contributed by atoms with van der Waals surface area (Å²) in [5.41, 5.74) is 3.62. The summed E-state index contributed by atoms with van der Waals surface area (Å²) in [6.45, 7) is 11.2. The van der Waals surface area contributed by atoms with Gasteiger partial charge in [0.15, 0.2) is 0 Å². The molecular formula is C25H32N2O3S. The van der Waals surface area contributed by atoms with Gasteiger partial charge in [0.25, 0.3) is 0 Å². The number of rotatable bonds is 7. The Balaban J connectivity index is 1.90.